The van der Waals surface area contributed by atoms with E-state index in [0.29, 0.717) is 5.69 Å². The molecular weight excluding hydrogens is 289 g/mol. The van der Waals surface area contributed by atoms with Gasteiger partial charge in [0.2, 0.25) is 5.91 Å². The van der Waals surface area contributed by atoms with E-state index in [9.17, 15) is 18.8 Å². The molecule has 1 aliphatic rings. The maximum absolute atomic E-state index is 12.9. The third-order valence-corrected chi connectivity index (χ3v) is 3.01. The summed E-state index contributed by atoms with van der Waals surface area (Å²) in [5, 5.41) is 6.90. The first-order valence-electron chi connectivity index (χ1n) is 5.82. The highest BCUT2D eigenvalue weighted by Gasteiger charge is 2.29. The lowest BCUT2D eigenvalue weighted by molar-refractivity contribution is -0.120. The zero-order valence-corrected chi connectivity index (χ0v) is 11.0. The topological polar surface area (TPSA) is 87.3 Å². The summed E-state index contributed by atoms with van der Waals surface area (Å²) in [4.78, 5) is 33.8. The van der Waals surface area contributed by atoms with E-state index in [2.05, 4.69) is 16.0 Å². The van der Waals surface area contributed by atoms with Gasteiger partial charge in [-0.05, 0) is 24.6 Å². The highest BCUT2D eigenvalue weighted by Crippen LogP contribution is 2.19. The van der Waals surface area contributed by atoms with Crippen LogP contribution in [0.25, 0.3) is 0 Å². The zero-order valence-electron chi connectivity index (χ0n) is 10.2. The van der Waals surface area contributed by atoms with Crippen LogP contribution in [-0.4, -0.2) is 23.9 Å². The molecule has 1 unspecified atom stereocenters. The molecule has 20 heavy (non-hydrogen) atoms. The van der Waals surface area contributed by atoms with Crippen LogP contribution >= 0.6 is 11.6 Å². The number of carbonyl (C=O) groups is 3. The first-order valence-corrected chi connectivity index (χ1v) is 6.20. The van der Waals surface area contributed by atoms with E-state index in [4.69, 9.17) is 11.6 Å². The number of rotatable bonds is 4. The van der Waals surface area contributed by atoms with Crippen LogP contribution in [0.1, 0.15) is 12.8 Å². The Hall–Kier alpha value is -2.15. The van der Waals surface area contributed by atoms with Gasteiger partial charge in [-0.2, -0.15) is 0 Å². The Morgan fingerprint density at radius 2 is 2.15 bits per heavy atom. The van der Waals surface area contributed by atoms with Gasteiger partial charge in [-0.25, -0.2) is 9.18 Å². The number of benzene rings is 1. The highest BCUT2D eigenvalue weighted by atomic mass is 35.5. The van der Waals surface area contributed by atoms with Gasteiger partial charge >= 0.3 is 6.03 Å². The Morgan fingerprint density at radius 1 is 1.40 bits per heavy atom. The third-order valence-electron chi connectivity index (χ3n) is 2.72. The van der Waals surface area contributed by atoms with E-state index in [-0.39, 0.29) is 23.8 Å². The maximum Gasteiger partial charge on any atom is 0.322 e. The maximum atomic E-state index is 12.9. The lowest BCUT2D eigenvalue weighted by Gasteiger charge is -2.08. The molecule has 1 aromatic carbocycles. The van der Waals surface area contributed by atoms with Crippen LogP contribution in [0.15, 0.2) is 18.2 Å². The van der Waals surface area contributed by atoms with Crippen LogP contribution in [0, 0.1) is 5.82 Å². The van der Waals surface area contributed by atoms with E-state index < -0.39 is 23.8 Å². The van der Waals surface area contributed by atoms with Crippen molar-refractivity contribution in [2.45, 2.75) is 18.9 Å². The predicted octanol–water partition coefficient (Wildman–Crippen LogP) is 1.41. The van der Waals surface area contributed by atoms with Crippen molar-refractivity contribution in [2.24, 2.45) is 0 Å². The number of urea groups is 1. The fourth-order valence-corrected chi connectivity index (χ4v) is 1.92. The first-order chi connectivity index (χ1) is 9.45. The molecule has 1 fully saturated rings. The molecular formula is C12H11ClFN3O3. The van der Waals surface area contributed by atoms with Crippen molar-refractivity contribution < 1.29 is 18.8 Å². The minimum Gasteiger partial charge on any atom is -0.326 e. The summed E-state index contributed by atoms with van der Waals surface area (Å²) >= 11 is 5.59. The number of amides is 4. The van der Waals surface area contributed by atoms with Gasteiger partial charge in [0.1, 0.15) is 11.9 Å². The molecule has 0 aromatic heterocycles. The van der Waals surface area contributed by atoms with Crippen molar-refractivity contribution in [2.75, 3.05) is 5.32 Å². The van der Waals surface area contributed by atoms with E-state index in [0.717, 1.165) is 6.07 Å². The Balaban J connectivity index is 1.85. The summed E-state index contributed by atoms with van der Waals surface area (Å²) in [6.45, 7) is 0. The number of halogens is 2. The molecule has 106 valence electrons. The molecule has 1 aromatic rings. The summed E-state index contributed by atoms with van der Waals surface area (Å²) in [7, 11) is 0. The number of anilines is 1. The Morgan fingerprint density at radius 3 is 2.75 bits per heavy atom. The molecule has 1 heterocycles. The van der Waals surface area contributed by atoms with E-state index in [1.54, 1.807) is 0 Å². The molecule has 1 aliphatic heterocycles. The highest BCUT2D eigenvalue weighted by molar-refractivity contribution is 6.31. The molecule has 3 N–H and O–H groups in total. The van der Waals surface area contributed by atoms with Crippen LogP contribution in [0.5, 0.6) is 0 Å². The van der Waals surface area contributed by atoms with Crippen molar-refractivity contribution in [3.05, 3.63) is 29.0 Å². The van der Waals surface area contributed by atoms with E-state index >= 15 is 0 Å². The average Bonchev–Trinajstić information content (AvgIpc) is 2.70. The SMILES string of the molecule is O=C(CCC1NC(=O)NC1=O)Nc1ccc(F)c(Cl)c1. The minimum atomic E-state index is -0.704. The minimum absolute atomic E-state index is 0.0351. The second-order valence-electron chi connectivity index (χ2n) is 4.23. The van der Waals surface area contributed by atoms with E-state index in [1.807, 2.05) is 0 Å². The summed E-state index contributed by atoms with van der Waals surface area (Å²) in [5.41, 5.74) is 0.362. The van der Waals surface area contributed by atoms with Gasteiger partial charge in [-0.15, -0.1) is 0 Å². The van der Waals surface area contributed by atoms with Gasteiger partial charge in [0.15, 0.2) is 0 Å². The van der Waals surface area contributed by atoms with Gasteiger partial charge in [-0.3, -0.25) is 14.9 Å². The Labute approximate surface area is 118 Å². The Kier molecular flexibility index (Phi) is 4.19. The second-order valence-corrected chi connectivity index (χ2v) is 4.64. The number of hydrogen-bond acceptors (Lipinski definition) is 3. The van der Waals surface area contributed by atoms with Gasteiger partial charge in [0.05, 0.1) is 5.02 Å². The standard InChI is InChI=1S/C12H11ClFN3O3/c13-7-5-6(1-2-8(7)14)15-10(18)4-3-9-11(19)17-12(20)16-9/h1-2,5,9H,3-4H2,(H,15,18)(H2,16,17,19,20). The fraction of sp³-hybridized carbons (Fsp3) is 0.250. The summed E-state index contributed by atoms with van der Waals surface area (Å²) in [5.74, 6) is -1.38. The van der Waals surface area contributed by atoms with E-state index in [1.165, 1.54) is 12.1 Å². The van der Waals surface area contributed by atoms with Crippen molar-refractivity contribution in [1.29, 1.82) is 0 Å². The number of nitrogens with one attached hydrogen (secondary N) is 3. The average molecular weight is 300 g/mol. The smallest absolute Gasteiger partial charge is 0.322 e. The molecule has 0 radical (unpaired) electrons. The summed E-state index contributed by atoms with van der Waals surface area (Å²) < 4.78 is 12.9. The number of imide groups is 1. The molecule has 0 saturated carbocycles. The largest absolute Gasteiger partial charge is 0.326 e. The monoisotopic (exact) mass is 299 g/mol. The molecule has 4 amide bonds. The van der Waals surface area contributed by atoms with Crippen molar-refractivity contribution in [1.82, 2.24) is 10.6 Å². The van der Waals surface area contributed by atoms with Crippen LogP contribution in [0.2, 0.25) is 5.02 Å². The summed E-state index contributed by atoms with van der Waals surface area (Å²) in [6, 6.07) is 2.54. The molecule has 1 saturated heterocycles. The summed E-state index contributed by atoms with van der Waals surface area (Å²) in [6.07, 6.45) is 0.214. The molecule has 0 aliphatic carbocycles. The van der Waals surface area contributed by atoms with Crippen LogP contribution in [-0.2, 0) is 9.59 Å². The fourth-order valence-electron chi connectivity index (χ4n) is 1.73. The second kappa shape index (κ2) is 5.87. The number of hydrogen-bond donors (Lipinski definition) is 3. The third kappa shape index (κ3) is 3.45. The predicted molar refractivity (Wildman–Crippen MR) is 69.7 cm³/mol. The van der Waals surface area contributed by atoms with Crippen molar-refractivity contribution in [3.8, 4) is 0 Å². The lowest BCUT2D eigenvalue weighted by atomic mass is 10.1. The molecule has 0 bridgehead atoms. The molecule has 1 atom stereocenters. The lowest BCUT2D eigenvalue weighted by Crippen LogP contribution is -2.30. The number of carbonyl (C=O) groups excluding carboxylic acids is 3. The molecule has 8 heteroatoms. The van der Waals surface area contributed by atoms with Crippen molar-refractivity contribution >= 4 is 35.1 Å². The van der Waals surface area contributed by atoms with Crippen LogP contribution in [0.3, 0.4) is 0 Å². The molecule has 0 spiro atoms. The molecule has 6 nitrogen and oxygen atoms in total. The van der Waals surface area contributed by atoms with Crippen LogP contribution in [0.4, 0.5) is 14.9 Å². The van der Waals surface area contributed by atoms with Gasteiger partial charge in [-0.1, -0.05) is 11.6 Å². The first kappa shape index (κ1) is 14.3. The van der Waals surface area contributed by atoms with Gasteiger partial charge in [0, 0.05) is 12.1 Å². The Bertz CT molecular complexity index is 579. The van der Waals surface area contributed by atoms with Crippen molar-refractivity contribution in [3.63, 3.8) is 0 Å². The zero-order chi connectivity index (χ0) is 14.7. The quantitative estimate of drug-likeness (QED) is 0.735. The van der Waals surface area contributed by atoms with Crippen LogP contribution < -0.4 is 16.0 Å². The molecule has 2 rings (SSSR count). The van der Waals surface area contributed by atoms with Gasteiger partial charge in [0.25, 0.3) is 5.91 Å². The normalized spacial score (nSPS) is 17.6. The van der Waals surface area contributed by atoms with Gasteiger partial charge < -0.3 is 10.6 Å².